The SMILES string of the molecule is O=C(c1ccc(NS(=O)(=O)c2ccc3c(c2)OCO3)cc1)N1CC(O)(Cc2ccccc2)C1. The molecule has 5 rings (SSSR count). The van der Waals surface area contributed by atoms with E-state index in [-0.39, 0.29) is 30.7 Å². The van der Waals surface area contributed by atoms with Crippen molar-refractivity contribution in [1.82, 2.24) is 4.90 Å². The number of fused-ring (bicyclic) bond motifs is 1. The number of nitrogens with zero attached hydrogens (tertiary/aromatic N) is 1. The van der Waals surface area contributed by atoms with Gasteiger partial charge in [-0.15, -0.1) is 0 Å². The number of hydrogen-bond acceptors (Lipinski definition) is 6. The standard InChI is InChI=1S/C24H22N2O6S/c27-23(26-14-24(28,15-26)13-17-4-2-1-3-5-17)18-6-8-19(9-7-18)25-33(29,30)20-10-11-21-22(12-20)32-16-31-21/h1-12,25,28H,13-16H2. The number of ether oxygens (including phenoxy) is 2. The molecule has 0 aliphatic carbocycles. The highest BCUT2D eigenvalue weighted by Gasteiger charge is 2.43. The lowest BCUT2D eigenvalue weighted by molar-refractivity contribution is -0.0799. The minimum absolute atomic E-state index is 0.0465. The Hall–Kier alpha value is -3.56. The molecule has 2 heterocycles. The van der Waals surface area contributed by atoms with E-state index in [1.54, 1.807) is 23.1 Å². The Labute approximate surface area is 191 Å². The molecule has 1 saturated heterocycles. The summed E-state index contributed by atoms with van der Waals surface area (Å²) < 4.78 is 38.3. The number of carbonyl (C=O) groups excluding carboxylic acids is 1. The number of β-amino-alcohol motifs (C(OH)–C–C–N with tert-alkyl or cyclic N) is 1. The van der Waals surface area contributed by atoms with Crippen molar-refractivity contribution in [2.24, 2.45) is 0 Å². The lowest BCUT2D eigenvalue weighted by Gasteiger charge is -2.46. The van der Waals surface area contributed by atoms with Gasteiger partial charge in [0.1, 0.15) is 5.60 Å². The third kappa shape index (κ3) is 4.37. The van der Waals surface area contributed by atoms with Crippen LogP contribution in [0.1, 0.15) is 15.9 Å². The van der Waals surface area contributed by atoms with Crippen LogP contribution in [0.25, 0.3) is 0 Å². The van der Waals surface area contributed by atoms with Crippen LogP contribution in [-0.4, -0.2) is 49.8 Å². The minimum Gasteiger partial charge on any atom is -0.454 e. The zero-order valence-electron chi connectivity index (χ0n) is 17.6. The average molecular weight is 467 g/mol. The zero-order valence-corrected chi connectivity index (χ0v) is 18.4. The van der Waals surface area contributed by atoms with Crippen LogP contribution >= 0.6 is 0 Å². The number of sulfonamides is 1. The molecule has 33 heavy (non-hydrogen) atoms. The van der Waals surface area contributed by atoms with Gasteiger partial charge in [-0.3, -0.25) is 9.52 Å². The molecule has 3 aromatic rings. The Bertz CT molecular complexity index is 1290. The number of hydrogen-bond donors (Lipinski definition) is 2. The van der Waals surface area contributed by atoms with Crippen molar-refractivity contribution in [3.63, 3.8) is 0 Å². The van der Waals surface area contributed by atoms with Gasteiger partial charge in [-0.2, -0.15) is 0 Å². The Kier molecular flexibility index (Phi) is 5.22. The highest BCUT2D eigenvalue weighted by atomic mass is 32.2. The van der Waals surface area contributed by atoms with Gasteiger partial charge >= 0.3 is 0 Å². The first-order valence-corrected chi connectivity index (χ1v) is 11.9. The van der Waals surface area contributed by atoms with Gasteiger partial charge in [-0.05, 0) is 42.0 Å². The second-order valence-electron chi connectivity index (χ2n) is 8.25. The molecule has 2 aliphatic rings. The maximum atomic E-state index is 12.7. The van der Waals surface area contributed by atoms with E-state index in [0.29, 0.717) is 29.2 Å². The number of nitrogens with one attached hydrogen (secondary N) is 1. The van der Waals surface area contributed by atoms with Crippen LogP contribution < -0.4 is 14.2 Å². The molecule has 3 aromatic carbocycles. The summed E-state index contributed by atoms with van der Waals surface area (Å²) in [6.07, 6.45) is 0.484. The highest BCUT2D eigenvalue weighted by Crippen LogP contribution is 2.34. The topological polar surface area (TPSA) is 105 Å². The Morgan fingerprint density at radius 2 is 1.67 bits per heavy atom. The Balaban J connectivity index is 1.21. The van der Waals surface area contributed by atoms with Crippen molar-refractivity contribution >= 4 is 21.6 Å². The van der Waals surface area contributed by atoms with Gasteiger partial charge in [0.25, 0.3) is 15.9 Å². The van der Waals surface area contributed by atoms with E-state index in [9.17, 15) is 18.3 Å². The third-order valence-electron chi connectivity index (χ3n) is 5.67. The fourth-order valence-electron chi connectivity index (χ4n) is 4.02. The molecule has 0 spiro atoms. The van der Waals surface area contributed by atoms with Gasteiger partial charge in [0.2, 0.25) is 6.79 Å². The predicted molar refractivity (Wildman–Crippen MR) is 121 cm³/mol. The second kappa shape index (κ2) is 8.09. The summed E-state index contributed by atoms with van der Waals surface area (Å²) in [7, 11) is -3.84. The van der Waals surface area contributed by atoms with E-state index in [0.717, 1.165) is 5.56 Å². The van der Waals surface area contributed by atoms with Crippen molar-refractivity contribution in [3.8, 4) is 11.5 Å². The first-order valence-electron chi connectivity index (χ1n) is 10.4. The van der Waals surface area contributed by atoms with E-state index < -0.39 is 15.6 Å². The van der Waals surface area contributed by atoms with Crippen LogP contribution in [-0.2, 0) is 16.4 Å². The highest BCUT2D eigenvalue weighted by molar-refractivity contribution is 7.92. The fraction of sp³-hybridized carbons (Fsp3) is 0.208. The molecule has 1 amide bonds. The van der Waals surface area contributed by atoms with E-state index >= 15 is 0 Å². The zero-order chi connectivity index (χ0) is 23.1. The van der Waals surface area contributed by atoms with Gasteiger partial charge in [0.05, 0.1) is 18.0 Å². The van der Waals surface area contributed by atoms with E-state index in [2.05, 4.69) is 4.72 Å². The lowest BCUT2D eigenvalue weighted by atomic mass is 9.86. The molecule has 170 valence electrons. The molecular weight excluding hydrogens is 444 g/mol. The lowest BCUT2D eigenvalue weighted by Crippen LogP contribution is -2.64. The first-order chi connectivity index (χ1) is 15.8. The largest absolute Gasteiger partial charge is 0.454 e. The van der Waals surface area contributed by atoms with Crippen LogP contribution in [0.3, 0.4) is 0 Å². The van der Waals surface area contributed by atoms with Crippen LogP contribution in [0.2, 0.25) is 0 Å². The van der Waals surface area contributed by atoms with Crippen LogP contribution in [0.5, 0.6) is 11.5 Å². The maximum Gasteiger partial charge on any atom is 0.262 e. The number of likely N-dealkylation sites (tertiary alicyclic amines) is 1. The summed E-state index contributed by atoms with van der Waals surface area (Å²) in [4.78, 5) is 14.4. The normalized spacial score (nSPS) is 16.2. The number of carbonyl (C=O) groups is 1. The van der Waals surface area contributed by atoms with E-state index in [1.165, 1.54) is 24.3 Å². The van der Waals surface area contributed by atoms with Gasteiger partial charge in [-0.25, -0.2) is 8.42 Å². The molecule has 0 radical (unpaired) electrons. The molecule has 0 aromatic heterocycles. The number of benzene rings is 3. The summed E-state index contributed by atoms with van der Waals surface area (Å²) >= 11 is 0. The monoisotopic (exact) mass is 466 g/mol. The molecule has 2 aliphatic heterocycles. The molecular formula is C24H22N2O6S. The summed E-state index contributed by atoms with van der Waals surface area (Å²) in [5.74, 6) is 0.664. The molecule has 0 atom stereocenters. The summed E-state index contributed by atoms with van der Waals surface area (Å²) in [5, 5.41) is 10.7. The second-order valence-corrected chi connectivity index (χ2v) is 9.93. The Morgan fingerprint density at radius 1 is 0.970 bits per heavy atom. The van der Waals surface area contributed by atoms with Crippen LogP contribution in [0.4, 0.5) is 5.69 Å². The summed E-state index contributed by atoms with van der Waals surface area (Å²) in [6.45, 7) is 0.556. The fourth-order valence-corrected chi connectivity index (χ4v) is 5.09. The van der Waals surface area contributed by atoms with Crippen molar-refractivity contribution in [1.29, 1.82) is 0 Å². The number of aliphatic hydroxyl groups is 1. The van der Waals surface area contributed by atoms with Crippen molar-refractivity contribution in [2.45, 2.75) is 16.9 Å². The molecule has 2 N–H and O–H groups in total. The molecule has 0 saturated carbocycles. The smallest absolute Gasteiger partial charge is 0.262 e. The van der Waals surface area contributed by atoms with Crippen molar-refractivity contribution in [2.75, 3.05) is 24.6 Å². The van der Waals surface area contributed by atoms with Crippen molar-refractivity contribution in [3.05, 3.63) is 83.9 Å². The van der Waals surface area contributed by atoms with Gasteiger partial charge in [0.15, 0.2) is 11.5 Å². The molecule has 0 bridgehead atoms. The van der Waals surface area contributed by atoms with E-state index in [1.807, 2.05) is 30.3 Å². The van der Waals surface area contributed by atoms with Gasteiger partial charge in [0, 0.05) is 23.7 Å². The maximum absolute atomic E-state index is 12.7. The van der Waals surface area contributed by atoms with E-state index in [4.69, 9.17) is 9.47 Å². The number of anilines is 1. The third-order valence-corrected chi connectivity index (χ3v) is 7.05. The van der Waals surface area contributed by atoms with Crippen LogP contribution in [0, 0.1) is 0 Å². The van der Waals surface area contributed by atoms with Gasteiger partial charge in [-0.1, -0.05) is 30.3 Å². The predicted octanol–water partition coefficient (Wildman–Crippen LogP) is 2.65. The quantitative estimate of drug-likeness (QED) is 0.579. The Morgan fingerprint density at radius 3 is 2.39 bits per heavy atom. The molecule has 9 heteroatoms. The number of amides is 1. The van der Waals surface area contributed by atoms with Crippen LogP contribution in [0.15, 0.2) is 77.7 Å². The number of rotatable bonds is 6. The van der Waals surface area contributed by atoms with Crippen molar-refractivity contribution < 1.29 is 27.8 Å². The molecule has 8 nitrogen and oxygen atoms in total. The van der Waals surface area contributed by atoms with Gasteiger partial charge < -0.3 is 19.5 Å². The molecule has 0 unspecified atom stereocenters. The summed E-state index contributed by atoms with van der Waals surface area (Å²) in [6, 6.07) is 20.2. The average Bonchev–Trinajstić information content (AvgIpc) is 3.26. The minimum atomic E-state index is -3.84. The summed E-state index contributed by atoms with van der Waals surface area (Å²) in [5.41, 5.74) is 0.833. The first kappa shape index (κ1) is 21.3. The molecule has 1 fully saturated rings.